The van der Waals surface area contributed by atoms with Crippen LogP contribution < -0.4 is 0 Å². The van der Waals surface area contributed by atoms with Crippen LogP contribution in [0.2, 0.25) is 10.0 Å². The number of carbonyl (C=O) groups is 2. The van der Waals surface area contributed by atoms with Gasteiger partial charge >= 0.3 is 5.97 Å². The number of amides is 1. The van der Waals surface area contributed by atoms with Crippen LogP contribution in [-0.4, -0.2) is 40.7 Å². The number of thioether (sulfide) groups is 1. The van der Waals surface area contributed by atoms with Crippen molar-refractivity contribution in [3.63, 3.8) is 0 Å². The SMILES string of the molecule is CSc1cc(C(=O)N2CC(C(=O)O)CCC2C)c(Cl)cc1Cl. The van der Waals surface area contributed by atoms with Gasteiger partial charge in [0.05, 0.1) is 21.5 Å². The number of aliphatic carboxylic acids is 1. The average Bonchev–Trinajstić information content (AvgIpc) is 2.47. The maximum Gasteiger partial charge on any atom is 0.308 e. The molecule has 2 rings (SSSR count). The standard InChI is InChI=1S/C15H17Cl2NO3S/c1-8-3-4-9(15(20)21)7-18(8)14(19)10-5-13(22-2)12(17)6-11(10)16/h5-6,8-9H,3-4,7H2,1-2H3,(H,20,21). The maximum atomic E-state index is 12.8. The molecule has 1 amide bonds. The lowest BCUT2D eigenvalue weighted by molar-refractivity contribution is -0.143. The highest BCUT2D eigenvalue weighted by molar-refractivity contribution is 7.98. The quantitative estimate of drug-likeness (QED) is 0.825. The third kappa shape index (κ3) is 3.53. The predicted molar refractivity (Wildman–Crippen MR) is 89.1 cm³/mol. The van der Waals surface area contributed by atoms with E-state index >= 15 is 0 Å². The molecule has 1 saturated heterocycles. The Labute approximate surface area is 143 Å². The molecule has 2 unspecified atom stereocenters. The Morgan fingerprint density at radius 3 is 2.55 bits per heavy atom. The normalized spacial score (nSPS) is 21.7. The third-order valence-electron chi connectivity index (χ3n) is 3.96. The highest BCUT2D eigenvalue weighted by Gasteiger charge is 2.33. The van der Waals surface area contributed by atoms with E-state index in [9.17, 15) is 14.7 Å². The molecule has 4 nitrogen and oxygen atoms in total. The second-order valence-corrected chi connectivity index (χ2v) is 7.05. The second kappa shape index (κ2) is 7.11. The first-order chi connectivity index (χ1) is 10.3. The van der Waals surface area contributed by atoms with Crippen molar-refractivity contribution in [2.45, 2.75) is 30.7 Å². The van der Waals surface area contributed by atoms with Crippen LogP contribution in [0.3, 0.4) is 0 Å². The van der Waals surface area contributed by atoms with Gasteiger partial charge in [0, 0.05) is 17.5 Å². The van der Waals surface area contributed by atoms with Crippen molar-refractivity contribution in [3.8, 4) is 0 Å². The number of carboxylic acid groups (broad SMARTS) is 1. The number of carboxylic acids is 1. The van der Waals surface area contributed by atoms with E-state index in [1.807, 2.05) is 13.2 Å². The molecule has 1 heterocycles. The summed E-state index contributed by atoms with van der Waals surface area (Å²) >= 11 is 13.7. The summed E-state index contributed by atoms with van der Waals surface area (Å²) in [6, 6.07) is 3.23. The van der Waals surface area contributed by atoms with Gasteiger partial charge in [-0.3, -0.25) is 9.59 Å². The van der Waals surface area contributed by atoms with Crippen LogP contribution in [-0.2, 0) is 4.79 Å². The summed E-state index contributed by atoms with van der Waals surface area (Å²) < 4.78 is 0. The molecule has 1 aromatic rings. The summed E-state index contributed by atoms with van der Waals surface area (Å²) in [4.78, 5) is 26.3. The Balaban J connectivity index is 2.32. The maximum absolute atomic E-state index is 12.8. The fraction of sp³-hybridized carbons (Fsp3) is 0.467. The van der Waals surface area contributed by atoms with E-state index < -0.39 is 11.9 Å². The number of hydrogen-bond acceptors (Lipinski definition) is 3. The van der Waals surface area contributed by atoms with Crippen molar-refractivity contribution < 1.29 is 14.7 Å². The predicted octanol–water partition coefficient (Wildman–Crippen LogP) is 4.04. The molecule has 0 spiro atoms. The number of nitrogens with zero attached hydrogens (tertiary/aromatic N) is 1. The van der Waals surface area contributed by atoms with Gasteiger partial charge in [-0.05, 0) is 38.2 Å². The fourth-order valence-electron chi connectivity index (χ4n) is 2.60. The van der Waals surface area contributed by atoms with E-state index in [2.05, 4.69) is 0 Å². The molecule has 2 atom stereocenters. The van der Waals surface area contributed by atoms with Crippen molar-refractivity contribution in [1.29, 1.82) is 0 Å². The number of likely N-dealkylation sites (tertiary alicyclic amines) is 1. The number of rotatable bonds is 3. The van der Waals surface area contributed by atoms with Crippen LogP contribution in [0.5, 0.6) is 0 Å². The first-order valence-electron chi connectivity index (χ1n) is 6.92. The number of carbonyl (C=O) groups excluding carboxylic acids is 1. The molecule has 7 heteroatoms. The minimum atomic E-state index is -0.864. The first-order valence-corrected chi connectivity index (χ1v) is 8.90. The second-order valence-electron chi connectivity index (χ2n) is 5.39. The van der Waals surface area contributed by atoms with Crippen molar-refractivity contribution in [1.82, 2.24) is 4.90 Å². The molecule has 1 aliphatic rings. The molecule has 120 valence electrons. The number of halogens is 2. The van der Waals surface area contributed by atoms with Gasteiger partial charge in [0.1, 0.15) is 0 Å². The molecule has 22 heavy (non-hydrogen) atoms. The van der Waals surface area contributed by atoms with E-state index in [1.54, 1.807) is 17.0 Å². The highest BCUT2D eigenvalue weighted by atomic mass is 35.5. The molecular formula is C15H17Cl2NO3S. The molecule has 0 saturated carbocycles. The molecule has 1 aromatic carbocycles. The van der Waals surface area contributed by atoms with Gasteiger partial charge in [-0.1, -0.05) is 23.2 Å². The largest absolute Gasteiger partial charge is 0.481 e. The van der Waals surface area contributed by atoms with Gasteiger partial charge in [0.15, 0.2) is 0 Å². The Bertz CT molecular complexity index is 609. The molecule has 0 radical (unpaired) electrons. The number of hydrogen-bond donors (Lipinski definition) is 1. The summed E-state index contributed by atoms with van der Waals surface area (Å²) in [6.07, 6.45) is 3.13. The lowest BCUT2D eigenvalue weighted by Crippen LogP contribution is -2.47. The van der Waals surface area contributed by atoms with Gasteiger partial charge in [-0.25, -0.2) is 0 Å². The minimum absolute atomic E-state index is 0.00688. The lowest BCUT2D eigenvalue weighted by atomic mass is 9.93. The van der Waals surface area contributed by atoms with Gasteiger partial charge in [-0.15, -0.1) is 11.8 Å². The van der Waals surface area contributed by atoms with Crippen LogP contribution in [0.4, 0.5) is 0 Å². The van der Waals surface area contributed by atoms with Crippen molar-refractivity contribution in [2.24, 2.45) is 5.92 Å². The minimum Gasteiger partial charge on any atom is -0.481 e. The van der Waals surface area contributed by atoms with Crippen LogP contribution in [0, 0.1) is 5.92 Å². The van der Waals surface area contributed by atoms with Crippen molar-refractivity contribution >= 4 is 46.8 Å². The van der Waals surface area contributed by atoms with E-state index in [-0.39, 0.29) is 23.5 Å². The summed E-state index contributed by atoms with van der Waals surface area (Å²) in [6.45, 7) is 2.14. The van der Waals surface area contributed by atoms with Gasteiger partial charge < -0.3 is 10.0 Å². The molecule has 0 bridgehead atoms. The highest BCUT2D eigenvalue weighted by Crippen LogP contribution is 2.33. The fourth-order valence-corrected chi connectivity index (χ4v) is 3.78. The van der Waals surface area contributed by atoms with Crippen LogP contribution in [0.25, 0.3) is 0 Å². The summed E-state index contributed by atoms with van der Waals surface area (Å²) in [5.41, 5.74) is 0.369. The van der Waals surface area contributed by atoms with E-state index in [0.29, 0.717) is 23.4 Å². The smallest absolute Gasteiger partial charge is 0.308 e. The van der Waals surface area contributed by atoms with Crippen LogP contribution in [0.15, 0.2) is 17.0 Å². The zero-order valence-corrected chi connectivity index (χ0v) is 14.6. The molecule has 1 N–H and O–H groups in total. The zero-order valence-electron chi connectivity index (χ0n) is 12.3. The summed E-state index contributed by atoms with van der Waals surface area (Å²) in [5.74, 6) is -1.63. The Hall–Kier alpha value is -0.910. The number of piperidine rings is 1. The summed E-state index contributed by atoms with van der Waals surface area (Å²) in [7, 11) is 0. The molecular weight excluding hydrogens is 345 g/mol. The van der Waals surface area contributed by atoms with Gasteiger partial charge in [0.2, 0.25) is 0 Å². The van der Waals surface area contributed by atoms with E-state index in [4.69, 9.17) is 23.2 Å². The lowest BCUT2D eigenvalue weighted by Gasteiger charge is -2.36. The van der Waals surface area contributed by atoms with Crippen LogP contribution in [0.1, 0.15) is 30.1 Å². The van der Waals surface area contributed by atoms with Crippen LogP contribution >= 0.6 is 35.0 Å². The van der Waals surface area contributed by atoms with Gasteiger partial charge in [-0.2, -0.15) is 0 Å². The van der Waals surface area contributed by atoms with E-state index in [1.165, 1.54) is 11.8 Å². The topological polar surface area (TPSA) is 57.6 Å². The Morgan fingerprint density at radius 2 is 1.95 bits per heavy atom. The third-order valence-corrected chi connectivity index (χ3v) is 5.48. The van der Waals surface area contributed by atoms with Crippen molar-refractivity contribution in [2.75, 3.05) is 12.8 Å². The van der Waals surface area contributed by atoms with Gasteiger partial charge in [0.25, 0.3) is 5.91 Å². The molecule has 1 aliphatic heterocycles. The molecule has 0 aromatic heterocycles. The Kier molecular flexibility index (Phi) is 5.64. The van der Waals surface area contributed by atoms with E-state index in [0.717, 1.165) is 4.90 Å². The Morgan fingerprint density at radius 1 is 1.27 bits per heavy atom. The zero-order chi connectivity index (χ0) is 16.4. The van der Waals surface area contributed by atoms with Crippen molar-refractivity contribution in [3.05, 3.63) is 27.7 Å². The monoisotopic (exact) mass is 361 g/mol. The first kappa shape index (κ1) is 17.4. The average molecular weight is 362 g/mol. The molecule has 1 fully saturated rings. The number of benzene rings is 1. The molecule has 0 aliphatic carbocycles. The summed E-state index contributed by atoms with van der Waals surface area (Å²) in [5, 5.41) is 9.98.